The van der Waals surface area contributed by atoms with Crippen molar-refractivity contribution in [2.75, 3.05) is 46.4 Å². The zero-order valence-electron chi connectivity index (χ0n) is 15.8. The maximum Gasteiger partial charge on any atom is 0.191 e. The minimum atomic E-state index is 0.623. The van der Waals surface area contributed by atoms with E-state index in [4.69, 9.17) is 4.74 Å². The van der Waals surface area contributed by atoms with Crippen molar-refractivity contribution in [2.24, 2.45) is 10.9 Å². The van der Waals surface area contributed by atoms with Crippen LogP contribution in [0, 0.1) is 5.92 Å². The first-order valence-corrected chi connectivity index (χ1v) is 9.62. The number of hydrogen-bond donors (Lipinski definition) is 2. The van der Waals surface area contributed by atoms with Gasteiger partial charge in [-0.05, 0) is 63.4 Å². The average molecular weight is 347 g/mol. The second-order valence-corrected chi connectivity index (χ2v) is 6.82. The van der Waals surface area contributed by atoms with E-state index < -0.39 is 0 Å². The number of ether oxygens (including phenoxy) is 1. The van der Waals surface area contributed by atoms with Gasteiger partial charge in [0, 0.05) is 13.6 Å². The molecular formula is C20H34N4O. The molecule has 0 radical (unpaired) electrons. The largest absolute Gasteiger partial charge is 0.492 e. The molecule has 1 aliphatic heterocycles. The highest BCUT2D eigenvalue weighted by atomic mass is 16.5. The highest BCUT2D eigenvalue weighted by molar-refractivity contribution is 5.79. The minimum absolute atomic E-state index is 0.623. The molecule has 140 valence electrons. The summed E-state index contributed by atoms with van der Waals surface area (Å²) < 4.78 is 5.67. The second kappa shape index (κ2) is 11.7. The first kappa shape index (κ1) is 19.6. The van der Waals surface area contributed by atoms with Crippen molar-refractivity contribution in [2.45, 2.75) is 32.6 Å². The third-order valence-corrected chi connectivity index (χ3v) is 4.70. The number of unbranched alkanes of at least 4 members (excludes halogenated alkanes) is 1. The molecule has 0 unspecified atom stereocenters. The fourth-order valence-electron chi connectivity index (χ4n) is 3.03. The van der Waals surface area contributed by atoms with Crippen molar-refractivity contribution < 1.29 is 4.74 Å². The molecule has 1 fully saturated rings. The van der Waals surface area contributed by atoms with Gasteiger partial charge in [0.05, 0.1) is 6.54 Å². The molecule has 2 rings (SSSR count). The fraction of sp³-hybridized carbons (Fsp3) is 0.650. The van der Waals surface area contributed by atoms with E-state index in [-0.39, 0.29) is 0 Å². The summed E-state index contributed by atoms with van der Waals surface area (Å²) >= 11 is 0. The summed E-state index contributed by atoms with van der Waals surface area (Å²) in [6, 6.07) is 9.89. The first-order chi connectivity index (χ1) is 12.3. The summed E-state index contributed by atoms with van der Waals surface area (Å²) in [5.41, 5.74) is 0. The maximum absolute atomic E-state index is 5.67. The topological polar surface area (TPSA) is 48.9 Å². The van der Waals surface area contributed by atoms with E-state index >= 15 is 0 Å². The standard InChI is InChI=1S/C20H34N4O/c1-18-10-15-24(16-11-18)14-7-6-12-22-20(21-2)23-13-17-25-19-8-4-3-5-9-19/h3-5,8-9,18H,6-7,10-17H2,1-2H3,(H2,21,22,23). The molecule has 1 heterocycles. The Morgan fingerprint density at radius 3 is 2.56 bits per heavy atom. The number of nitrogens with zero attached hydrogens (tertiary/aromatic N) is 2. The smallest absolute Gasteiger partial charge is 0.191 e. The quantitative estimate of drug-likeness (QED) is 0.410. The van der Waals surface area contributed by atoms with Gasteiger partial charge >= 0.3 is 0 Å². The van der Waals surface area contributed by atoms with Crippen LogP contribution in [0.25, 0.3) is 0 Å². The van der Waals surface area contributed by atoms with Gasteiger partial charge < -0.3 is 20.3 Å². The number of guanidine groups is 1. The van der Waals surface area contributed by atoms with Crippen LogP contribution in [0.15, 0.2) is 35.3 Å². The Morgan fingerprint density at radius 2 is 1.84 bits per heavy atom. The Labute approximate surface area is 152 Å². The van der Waals surface area contributed by atoms with Crippen LogP contribution in [0.5, 0.6) is 5.75 Å². The number of nitrogens with one attached hydrogen (secondary N) is 2. The second-order valence-electron chi connectivity index (χ2n) is 6.82. The van der Waals surface area contributed by atoms with Gasteiger partial charge in [-0.25, -0.2) is 0 Å². The third kappa shape index (κ3) is 8.25. The van der Waals surface area contributed by atoms with E-state index in [1.807, 2.05) is 37.4 Å². The Hall–Kier alpha value is -1.75. The summed E-state index contributed by atoms with van der Waals surface area (Å²) in [6.07, 6.45) is 5.14. The average Bonchev–Trinajstić information content (AvgIpc) is 2.65. The number of piperidine rings is 1. The number of likely N-dealkylation sites (tertiary alicyclic amines) is 1. The van der Waals surface area contributed by atoms with Crippen molar-refractivity contribution in [3.8, 4) is 5.75 Å². The number of aliphatic imine (C=N–C) groups is 1. The number of para-hydroxylation sites is 1. The lowest BCUT2D eigenvalue weighted by Gasteiger charge is -2.30. The van der Waals surface area contributed by atoms with Crippen LogP contribution in [0.3, 0.4) is 0 Å². The molecule has 5 heteroatoms. The molecule has 0 bridgehead atoms. The van der Waals surface area contributed by atoms with E-state index in [0.29, 0.717) is 6.61 Å². The third-order valence-electron chi connectivity index (χ3n) is 4.70. The predicted octanol–water partition coefficient (Wildman–Crippen LogP) is 2.74. The molecule has 0 amide bonds. The monoisotopic (exact) mass is 346 g/mol. The minimum Gasteiger partial charge on any atom is -0.492 e. The first-order valence-electron chi connectivity index (χ1n) is 9.62. The van der Waals surface area contributed by atoms with Crippen LogP contribution in [-0.4, -0.2) is 57.2 Å². The SMILES string of the molecule is CN=C(NCCCCN1CCC(C)CC1)NCCOc1ccccc1. The van der Waals surface area contributed by atoms with E-state index in [0.717, 1.165) is 30.7 Å². The van der Waals surface area contributed by atoms with Crippen molar-refractivity contribution in [1.29, 1.82) is 0 Å². The zero-order chi connectivity index (χ0) is 17.7. The zero-order valence-corrected chi connectivity index (χ0v) is 15.8. The highest BCUT2D eigenvalue weighted by Gasteiger charge is 2.14. The normalized spacial score (nSPS) is 16.6. The molecule has 25 heavy (non-hydrogen) atoms. The maximum atomic E-state index is 5.67. The molecule has 1 aliphatic rings. The summed E-state index contributed by atoms with van der Waals surface area (Å²) in [5.74, 6) is 2.67. The van der Waals surface area contributed by atoms with Crippen LogP contribution in [0.1, 0.15) is 32.6 Å². The van der Waals surface area contributed by atoms with Gasteiger partial charge in [-0.2, -0.15) is 0 Å². The van der Waals surface area contributed by atoms with Crippen LogP contribution in [-0.2, 0) is 0 Å². The molecular weight excluding hydrogens is 312 g/mol. The van der Waals surface area contributed by atoms with Gasteiger partial charge in [-0.1, -0.05) is 25.1 Å². The van der Waals surface area contributed by atoms with Crippen molar-refractivity contribution >= 4 is 5.96 Å². The lowest BCUT2D eigenvalue weighted by molar-refractivity contribution is 0.189. The van der Waals surface area contributed by atoms with Gasteiger partial charge in [-0.3, -0.25) is 4.99 Å². The fourth-order valence-corrected chi connectivity index (χ4v) is 3.03. The lowest BCUT2D eigenvalue weighted by Crippen LogP contribution is -2.40. The molecule has 0 aliphatic carbocycles. The Balaban J connectivity index is 1.47. The van der Waals surface area contributed by atoms with Crippen LogP contribution < -0.4 is 15.4 Å². The van der Waals surface area contributed by atoms with E-state index in [2.05, 4.69) is 27.4 Å². The van der Waals surface area contributed by atoms with Gasteiger partial charge in [0.2, 0.25) is 0 Å². The van der Waals surface area contributed by atoms with Crippen LogP contribution >= 0.6 is 0 Å². The van der Waals surface area contributed by atoms with Gasteiger partial charge in [0.1, 0.15) is 12.4 Å². The predicted molar refractivity (Wildman–Crippen MR) is 105 cm³/mol. The van der Waals surface area contributed by atoms with E-state index in [1.165, 1.54) is 45.3 Å². The summed E-state index contributed by atoms with van der Waals surface area (Å²) in [7, 11) is 1.81. The van der Waals surface area contributed by atoms with Gasteiger partial charge in [0.15, 0.2) is 5.96 Å². The van der Waals surface area contributed by atoms with Crippen molar-refractivity contribution in [1.82, 2.24) is 15.5 Å². The molecule has 1 aromatic rings. The van der Waals surface area contributed by atoms with E-state index in [1.54, 1.807) is 0 Å². The van der Waals surface area contributed by atoms with E-state index in [9.17, 15) is 0 Å². The molecule has 1 aromatic carbocycles. The van der Waals surface area contributed by atoms with Gasteiger partial charge in [0.25, 0.3) is 0 Å². The molecule has 5 nitrogen and oxygen atoms in total. The van der Waals surface area contributed by atoms with Crippen molar-refractivity contribution in [3.05, 3.63) is 30.3 Å². The summed E-state index contributed by atoms with van der Waals surface area (Å²) in [4.78, 5) is 6.86. The highest BCUT2D eigenvalue weighted by Crippen LogP contribution is 2.16. The van der Waals surface area contributed by atoms with Gasteiger partial charge in [-0.15, -0.1) is 0 Å². The summed E-state index contributed by atoms with van der Waals surface area (Å²) in [5, 5.41) is 6.67. The molecule has 2 N–H and O–H groups in total. The van der Waals surface area contributed by atoms with Crippen LogP contribution in [0.4, 0.5) is 0 Å². The summed E-state index contributed by atoms with van der Waals surface area (Å²) in [6.45, 7) is 8.47. The molecule has 0 saturated carbocycles. The number of rotatable bonds is 9. The molecule has 0 aromatic heterocycles. The molecule has 0 atom stereocenters. The molecule has 0 spiro atoms. The number of benzene rings is 1. The molecule has 1 saturated heterocycles. The lowest BCUT2D eigenvalue weighted by atomic mass is 9.99. The Morgan fingerprint density at radius 1 is 1.12 bits per heavy atom. The Bertz CT molecular complexity index is 484. The van der Waals surface area contributed by atoms with Crippen LogP contribution in [0.2, 0.25) is 0 Å². The van der Waals surface area contributed by atoms with Crippen molar-refractivity contribution in [3.63, 3.8) is 0 Å². The number of hydrogen-bond acceptors (Lipinski definition) is 3. The Kier molecular flexibility index (Phi) is 9.19.